The van der Waals surface area contributed by atoms with Crippen molar-refractivity contribution < 1.29 is 9.59 Å². The fourth-order valence-corrected chi connectivity index (χ4v) is 8.79. The lowest BCUT2D eigenvalue weighted by Crippen LogP contribution is -2.43. The molecule has 3 aliphatic rings. The molecule has 2 amide bonds. The molecule has 2 aliphatic heterocycles. The molecule has 9 heteroatoms. The van der Waals surface area contributed by atoms with Gasteiger partial charge in [-0.2, -0.15) is 0 Å². The number of carbonyl (C=O) groups excluding carboxylic acids is 2. The van der Waals surface area contributed by atoms with Crippen LogP contribution in [0.4, 0.5) is 0 Å². The van der Waals surface area contributed by atoms with Gasteiger partial charge in [0.05, 0.1) is 12.2 Å². The molecule has 2 fully saturated rings. The third-order valence-electron chi connectivity index (χ3n) is 9.65. The Labute approximate surface area is 282 Å². The van der Waals surface area contributed by atoms with Crippen LogP contribution in [0.2, 0.25) is 5.02 Å². The van der Waals surface area contributed by atoms with Crippen molar-refractivity contribution in [1.29, 1.82) is 0 Å². The van der Waals surface area contributed by atoms with Crippen LogP contribution in [-0.2, 0) is 29.0 Å². The van der Waals surface area contributed by atoms with Gasteiger partial charge in [0.25, 0.3) is 0 Å². The second kappa shape index (κ2) is 14.4. The monoisotopic (exact) mass is 740 g/mol. The Morgan fingerprint density at radius 1 is 0.932 bits per heavy atom. The minimum atomic E-state index is 0.0585. The molecular formula is C35H39Br2ClN4O2. The van der Waals surface area contributed by atoms with E-state index in [1.165, 1.54) is 22.4 Å². The third-order valence-corrected chi connectivity index (χ3v) is 11.0. The Morgan fingerprint density at radius 3 is 2.41 bits per heavy atom. The van der Waals surface area contributed by atoms with E-state index in [1.807, 2.05) is 42.6 Å². The number of benzene rings is 2. The molecule has 3 heterocycles. The SMILES string of the molecule is O=C(CN1CCC(CC(=O)N2CCC([C@H]3c4ncc(Br)cc4CCc4cc(Cl)cc(Br)c43)CC2)CC1)NCc1ccccc1. The number of fused-ring (bicyclic) bond motifs is 2. The molecule has 1 atom stereocenters. The van der Waals surface area contributed by atoms with Crippen LogP contribution in [0.3, 0.4) is 0 Å². The summed E-state index contributed by atoms with van der Waals surface area (Å²) in [6.07, 6.45) is 8.23. The number of halogens is 3. The molecule has 0 saturated carbocycles. The fraction of sp³-hybridized carbons (Fsp3) is 0.457. The lowest BCUT2D eigenvalue weighted by Gasteiger charge is -2.38. The zero-order valence-corrected chi connectivity index (χ0v) is 28.8. The first kappa shape index (κ1) is 31.7. The Morgan fingerprint density at radius 2 is 1.66 bits per heavy atom. The van der Waals surface area contributed by atoms with Gasteiger partial charge in [0.2, 0.25) is 11.8 Å². The summed E-state index contributed by atoms with van der Waals surface area (Å²) < 4.78 is 2.07. The van der Waals surface area contributed by atoms with Gasteiger partial charge in [-0.25, -0.2) is 0 Å². The molecule has 2 aromatic carbocycles. The highest BCUT2D eigenvalue weighted by Crippen LogP contribution is 2.46. The highest BCUT2D eigenvalue weighted by molar-refractivity contribution is 9.10. The van der Waals surface area contributed by atoms with Gasteiger partial charge in [0.1, 0.15) is 0 Å². The van der Waals surface area contributed by atoms with Gasteiger partial charge in [0.15, 0.2) is 0 Å². The maximum absolute atomic E-state index is 13.4. The normalized spacial score (nSPS) is 19.6. The van der Waals surface area contributed by atoms with Crippen LogP contribution in [0, 0.1) is 11.8 Å². The smallest absolute Gasteiger partial charge is 0.234 e. The zero-order chi connectivity index (χ0) is 30.6. The summed E-state index contributed by atoms with van der Waals surface area (Å²) >= 11 is 14.0. The highest BCUT2D eigenvalue weighted by atomic mass is 79.9. The summed E-state index contributed by atoms with van der Waals surface area (Å²) in [6.45, 7) is 4.27. The fourth-order valence-electron chi connectivity index (χ4n) is 7.29. The third kappa shape index (κ3) is 7.57. The number of likely N-dealkylation sites (tertiary alicyclic amines) is 2. The highest BCUT2D eigenvalue weighted by Gasteiger charge is 2.36. The summed E-state index contributed by atoms with van der Waals surface area (Å²) in [5.74, 6) is 1.29. The topological polar surface area (TPSA) is 65.5 Å². The van der Waals surface area contributed by atoms with E-state index in [0.29, 0.717) is 31.3 Å². The first-order valence-corrected chi connectivity index (χ1v) is 17.7. The van der Waals surface area contributed by atoms with Gasteiger partial charge in [-0.05, 0) is 120 Å². The molecule has 2 saturated heterocycles. The van der Waals surface area contributed by atoms with Crippen LogP contribution in [0.1, 0.15) is 66.0 Å². The van der Waals surface area contributed by atoms with E-state index in [-0.39, 0.29) is 17.7 Å². The number of hydrogen-bond acceptors (Lipinski definition) is 4. The Hall–Kier alpha value is -2.26. The van der Waals surface area contributed by atoms with Gasteiger partial charge in [-0.3, -0.25) is 19.5 Å². The molecule has 44 heavy (non-hydrogen) atoms. The van der Waals surface area contributed by atoms with E-state index in [4.69, 9.17) is 16.6 Å². The standard InChI is InChI=1S/C35H39Br2ClN4O2/c36-28-17-27-7-6-26-18-29(38)19-30(37)33(26)34(35(27)40-21-28)25-10-14-42(15-11-25)32(44)16-23-8-12-41(13-9-23)22-31(43)39-20-24-4-2-1-3-5-24/h1-5,17-19,21,23,25,34H,6-16,20,22H2,(H,39,43)/t34-/m1/s1. The average Bonchev–Trinajstić information content (AvgIpc) is 3.18. The number of nitrogens with zero attached hydrogens (tertiary/aromatic N) is 3. The lowest BCUT2D eigenvalue weighted by molar-refractivity contribution is -0.134. The van der Waals surface area contributed by atoms with Crippen LogP contribution < -0.4 is 5.32 Å². The van der Waals surface area contributed by atoms with E-state index < -0.39 is 0 Å². The first-order valence-electron chi connectivity index (χ1n) is 15.8. The van der Waals surface area contributed by atoms with Gasteiger partial charge in [-0.15, -0.1) is 0 Å². The van der Waals surface area contributed by atoms with Crippen molar-refractivity contribution in [2.75, 3.05) is 32.7 Å². The molecule has 1 N–H and O–H groups in total. The summed E-state index contributed by atoms with van der Waals surface area (Å²) in [4.78, 5) is 35.2. The predicted molar refractivity (Wildman–Crippen MR) is 182 cm³/mol. The molecule has 1 aromatic heterocycles. The van der Waals surface area contributed by atoms with Crippen LogP contribution in [0.15, 0.2) is 63.7 Å². The molecule has 0 spiro atoms. The number of piperidine rings is 2. The second-order valence-corrected chi connectivity index (χ2v) is 14.7. The number of carbonyl (C=O) groups is 2. The molecular weight excluding hydrogens is 704 g/mol. The summed E-state index contributed by atoms with van der Waals surface area (Å²) in [7, 11) is 0. The van der Waals surface area contributed by atoms with Crippen LogP contribution >= 0.6 is 43.5 Å². The number of pyridine rings is 1. The molecule has 6 nitrogen and oxygen atoms in total. The van der Waals surface area contributed by atoms with Crippen molar-refractivity contribution in [1.82, 2.24) is 20.1 Å². The number of rotatable bonds is 7. The van der Waals surface area contributed by atoms with Crippen molar-refractivity contribution in [2.24, 2.45) is 11.8 Å². The Kier molecular flexibility index (Phi) is 10.4. The number of amides is 2. The summed E-state index contributed by atoms with van der Waals surface area (Å²) in [6, 6.07) is 16.3. The largest absolute Gasteiger partial charge is 0.351 e. The molecule has 3 aromatic rings. The van der Waals surface area contributed by atoms with E-state index >= 15 is 0 Å². The van der Waals surface area contributed by atoms with Crippen molar-refractivity contribution in [3.63, 3.8) is 0 Å². The maximum Gasteiger partial charge on any atom is 0.234 e. The molecule has 1 aliphatic carbocycles. The minimum absolute atomic E-state index is 0.0585. The minimum Gasteiger partial charge on any atom is -0.351 e. The van der Waals surface area contributed by atoms with E-state index in [0.717, 1.165) is 84.2 Å². The van der Waals surface area contributed by atoms with E-state index in [2.05, 4.69) is 59.1 Å². The van der Waals surface area contributed by atoms with Gasteiger partial charge < -0.3 is 10.2 Å². The average molecular weight is 743 g/mol. The second-order valence-electron chi connectivity index (χ2n) is 12.5. The van der Waals surface area contributed by atoms with E-state index in [1.54, 1.807) is 0 Å². The lowest BCUT2D eigenvalue weighted by atomic mass is 9.76. The Balaban J connectivity index is 1.02. The van der Waals surface area contributed by atoms with Crippen molar-refractivity contribution in [3.8, 4) is 0 Å². The van der Waals surface area contributed by atoms with Crippen molar-refractivity contribution in [2.45, 2.75) is 57.4 Å². The van der Waals surface area contributed by atoms with Crippen LogP contribution in [0.25, 0.3) is 0 Å². The zero-order valence-electron chi connectivity index (χ0n) is 24.9. The molecule has 0 unspecified atom stereocenters. The Bertz CT molecular complexity index is 1490. The maximum atomic E-state index is 13.4. The molecule has 0 bridgehead atoms. The van der Waals surface area contributed by atoms with E-state index in [9.17, 15) is 9.59 Å². The van der Waals surface area contributed by atoms with Gasteiger partial charge >= 0.3 is 0 Å². The van der Waals surface area contributed by atoms with Crippen LogP contribution in [0.5, 0.6) is 0 Å². The molecule has 232 valence electrons. The number of aryl methyl sites for hydroxylation is 2. The van der Waals surface area contributed by atoms with Gasteiger partial charge in [0, 0.05) is 52.1 Å². The van der Waals surface area contributed by atoms with Crippen LogP contribution in [-0.4, -0.2) is 59.3 Å². The van der Waals surface area contributed by atoms with Gasteiger partial charge in [-0.1, -0.05) is 57.9 Å². The number of hydrogen-bond donors (Lipinski definition) is 1. The molecule has 6 rings (SSSR count). The number of aromatic nitrogens is 1. The molecule has 0 radical (unpaired) electrons. The quantitative estimate of drug-likeness (QED) is 0.280. The summed E-state index contributed by atoms with van der Waals surface area (Å²) in [5, 5.41) is 3.78. The predicted octanol–water partition coefficient (Wildman–Crippen LogP) is 7.15. The van der Waals surface area contributed by atoms with Crippen molar-refractivity contribution >= 4 is 55.3 Å². The first-order chi connectivity index (χ1) is 21.3. The van der Waals surface area contributed by atoms with Crippen molar-refractivity contribution in [3.05, 3.63) is 96.6 Å². The summed E-state index contributed by atoms with van der Waals surface area (Å²) in [5.41, 5.74) is 6.17. The number of nitrogens with one attached hydrogen (secondary N) is 1.